The van der Waals surface area contributed by atoms with E-state index in [-0.39, 0.29) is 23.1 Å². The molecule has 0 saturated carbocycles. The molecule has 2 heterocycles. The lowest BCUT2D eigenvalue weighted by Crippen LogP contribution is -2.53. The van der Waals surface area contributed by atoms with E-state index in [0.717, 1.165) is 36.4 Å². The zero-order valence-electron chi connectivity index (χ0n) is 17.9. The molecule has 0 fully saturated rings. The van der Waals surface area contributed by atoms with Crippen molar-refractivity contribution in [2.75, 3.05) is 13.7 Å². The predicted molar refractivity (Wildman–Crippen MR) is 116 cm³/mol. The maximum absolute atomic E-state index is 14.7. The van der Waals surface area contributed by atoms with Crippen LogP contribution in [0, 0.1) is 23.4 Å². The van der Waals surface area contributed by atoms with Crippen LogP contribution in [0.2, 0.25) is 0 Å². The van der Waals surface area contributed by atoms with Crippen molar-refractivity contribution in [1.29, 1.82) is 0 Å². The summed E-state index contributed by atoms with van der Waals surface area (Å²) in [7, 11) is 1.40. The number of halogens is 3. The predicted octanol–water partition coefficient (Wildman–Crippen LogP) is 5.04. The molecular formula is C23H23F3N2O3S. The Kier molecular flexibility index (Phi) is 6.22. The molecule has 2 aromatic rings. The van der Waals surface area contributed by atoms with Gasteiger partial charge in [0.05, 0.1) is 6.61 Å². The van der Waals surface area contributed by atoms with E-state index in [4.69, 9.17) is 9.47 Å². The summed E-state index contributed by atoms with van der Waals surface area (Å²) in [5.41, 5.74) is 0.369. The minimum absolute atomic E-state index is 0.0607. The summed E-state index contributed by atoms with van der Waals surface area (Å²) in [4.78, 5) is 12.2. The number of hydrogen-bond acceptors (Lipinski definition) is 5. The van der Waals surface area contributed by atoms with E-state index in [1.54, 1.807) is 6.92 Å². The molecule has 0 N–H and O–H groups in total. The summed E-state index contributed by atoms with van der Waals surface area (Å²) in [6, 6.07) is 7.20. The first-order chi connectivity index (χ1) is 15.3. The third kappa shape index (κ3) is 3.67. The second-order valence-electron chi connectivity index (χ2n) is 7.79. The van der Waals surface area contributed by atoms with Crippen molar-refractivity contribution in [2.24, 2.45) is 11.0 Å². The number of amides is 1. The molecule has 2 aromatic carbocycles. The standard InChI is InChI=1S/C23H23F3N2O3S/c1-4-5-14-12-31-20-9-7-16(25)11-18(20)23(14)28(22(29)13(2)30-3)27-21(32-23)17-10-15(24)6-8-19(17)26/h6-11,13-14H,4-5,12H2,1-3H3/t13-,14-,23+/m1/s1. The number of fused-ring (bicyclic) bond motifs is 2. The van der Waals surface area contributed by atoms with E-state index in [0.29, 0.717) is 17.7 Å². The van der Waals surface area contributed by atoms with Gasteiger partial charge in [0, 0.05) is 24.2 Å². The summed E-state index contributed by atoms with van der Waals surface area (Å²) < 4.78 is 54.2. The maximum Gasteiger partial charge on any atom is 0.273 e. The number of carbonyl (C=O) groups excluding carboxylic acids is 1. The van der Waals surface area contributed by atoms with Gasteiger partial charge in [0.15, 0.2) is 4.87 Å². The van der Waals surface area contributed by atoms with Gasteiger partial charge in [-0.2, -0.15) is 5.10 Å². The number of rotatable bonds is 5. The molecule has 0 aliphatic carbocycles. The first-order valence-electron chi connectivity index (χ1n) is 10.3. The molecule has 0 aromatic heterocycles. The van der Waals surface area contributed by atoms with Gasteiger partial charge in [0.1, 0.15) is 34.3 Å². The fourth-order valence-corrected chi connectivity index (χ4v) is 5.64. The van der Waals surface area contributed by atoms with Crippen molar-refractivity contribution < 1.29 is 27.4 Å². The van der Waals surface area contributed by atoms with Gasteiger partial charge in [-0.1, -0.05) is 25.1 Å². The van der Waals surface area contributed by atoms with E-state index in [2.05, 4.69) is 5.10 Å². The lowest BCUT2D eigenvalue weighted by molar-refractivity contribution is -0.147. The number of carbonyl (C=O) groups is 1. The molecule has 0 saturated heterocycles. The first kappa shape index (κ1) is 22.7. The number of nitrogens with zero attached hydrogens (tertiary/aromatic N) is 2. The second kappa shape index (κ2) is 8.78. The number of ether oxygens (including phenoxy) is 2. The van der Waals surface area contributed by atoms with Crippen LogP contribution in [0.15, 0.2) is 41.5 Å². The Hall–Kier alpha value is -2.52. The fourth-order valence-electron chi connectivity index (χ4n) is 4.12. The Morgan fingerprint density at radius 2 is 2.00 bits per heavy atom. The molecule has 3 atom stereocenters. The summed E-state index contributed by atoms with van der Waals surface area (Å²) in [5, 5.41) is 5.86. The second-order valence-corrected chi connectivity index (χ2v) is 9.01. The fraction of sp³-hybridized carbons (Fsp3) is 0.391. The van der Waals surface area contributed by atoms with E-state index in [1.165, 1.54) is 30.3 Å². The van der Waals surface area contributed by atoms with Crippen LogP contribution in [0.3, 0.4) is 0 Å². The van der Waals surface area contributed by atoms with Crippen LogP contribution in [0.5, 0.6) is 5.75 Å². The molecule has 1 amide bonds. The molecule has 1 spiro atoms. The van der Waals surface area contributed by atoms with E-state index in [1.807, 2.05) is 6.92 Å². The molecule has 9 heteroatoms. The van der Waals surface area contributed by atoms with Crippen molar-refractivity contribution in [3.05, 3.63) is 65.0 Å². The van der Waals surface area contributed by atoms with Gasteiger partial charge < -0.3 is 9.47 Å². The van der Waals surface area contributed by atoms with Crippen molar-refractivity contribution in [3.8, 4) is 5.75 Å². The number of thioether (sulfide) groups is 1. The molecule has 0 radical (unpaired) electrons. The van der Waals surface area contributed by atoms with Gasteiger partial charge >= 0.3 is 0 Å². The number of hydrazone groups is 1. The van der Waals surface area contributed by atoms with Crippen LogP contribution in [-0.4, -0.2) is 35.8 Å². The highest BCUT2D eigenvalue weighted by Gasteiger charge is 2.57. The lowest BCUT2D eigenvalue weighted by Gasteiger charge is -2.45. The van der Waals surface area contributed by atoms with Crippen molar-refractivity contribution in [1.82, 2.24) is 5.01 Å². The Balaban J connectivity index is 1.94. The van der Waals surface area contributed by atoms with E-state index < -0.39 is 34.3 Å². The topological polar surface area (TPSA) is 51.1 Å². The van der Waals surface area contributed by atoms with Crippen LogP contribution >= 0.6 is 11.8 Å². The third-order valence-corrected chi connectivity index (χ3v) is 7.32. The monoisotopic (exact) mass is 464 g/mol. The number of methoxy groups -OCH3 is 1. The van der Waals surface area contributed by atoms with Gasteiger partial charge in [-0.25, -0.2) is 18.2 Å². The van der Waals surface area contributed by atoms with Crippen molar-refractivity contribution in [2.45, 2.75) is 37.7 Å². The minimum atomic E-state index is -1.19. The molecule has 2 aliphatic rings. The van der Waals surface area contributed by atoms with Crippen LogP contribution in [0.1, 0.15) is 37.8 Å². The normalized spacial score (nSPS) is 23.0. The Morgan fingerprint density at radius 3 is 2.72 bits per heavy atom. The van der Waals surface area contributed by atoms with Gasteiger partial charge in [-0.3, -0.25) is 4.79 Å². The molecule has 5 nitrogen and oxygen atoms in total. The summed E-state index contributed by atoms with van der Waals surface area (Å²) in [5.74, 6) is -2.12. The SMILES string of the molecule is CCC[C@@H]1COc2ccc(F)cc2[C@@]12SC(c1cc(F)ccc1F)=NN2C(=O)[C@@H](C)OC. The van der Waals surface area contributed by atoms with Gasteiger partial charge in [-0.15, -0.1) is 0 Å². The molecule has 2 aliphatic heterocycles. The molecule has 32 heavy (non-hydrogen) atoms. The Morgan fingerprint density at radius 1 is 1.28 bits per heavy atom. The minimum Gasteiger partial charge on any atom is -0.493 e. The van der Waals surface area contributed by atoms with Crippen LogP contribution in [0.4, 0.5) is 13.2 Å². The van der Waals surface area contributed by atoms with Crippen LogP contribution in [-0.2, 0) is 14.4 Å². The zero-order valence-corrected chi connectivity index (χ0v) is 18.7. The molecule has 0 bridgehead atoms. The summed E-state index contributed by atoms with van der Waals surface area (Å²) in [6.07, 6.45) is 0.560. The summed E-state index contributed by atoms with van der Waals surface area (Å²) >= 11 is 1.12. The van der Waals surface area contributed by atoms with Gasteiger partial charge in [-0.05, 0) is 49.7 Å². The molecule has 0 unspecified atom stereocenters. The quantitative estimate of drug-likeness (QED) is 0.622. The first-order valence-corrected chi connectivity index (χ1v) is 11.2. The third-order valence-electron chi connectivity index (χ3n) is 5.78. The number of benzene rings is 2. The van der Waals surface area contributed by atoms with Crippen molar-refractivity contribution in [3.63, 3.8) is 0 Å². The Bertz CT molecular complexity index is 1080. The molecule has 170 valence electrons. The van der Waals surface area contributed by atoms with Gasteiger partial charge in [0.25, 0.3) is 5.91 Å². The zero-order chi connectivity index (χ0) is 23.0. The smallest absolute Gasteiger partial charge is 0.273 e. The Labute approximate surface area is 188 Å². The largest absolute Gasteiger partial charge is 0.493 e. The van der Waals surface area contributed by atoms with Crippen LogP contribution < -0.4 is 4.74 Å². The van der Waals surface area contributed by atoms with E-state index >= 15 is 0 Å². The highest BCUT2D eigenvalue weighted by atomic mass is 32.2. The lowest BCUT2D eigenvalue weighted by atomic mass is 9.85. The van der Waals surface area contributed by atoms with Crippen LogP contribution in [0.25, 0.3) is 0 Å². The summed E-state index contributed by atoms with van der Waals surface area (Å²) in [6.45, 7) is 3.84. The van der Waals surface area contributed by atoms with E-state index in [9.17, 15) is 18.0 Å². The average molecular weight is 465 g/mol. The average Bonchev–Trinajstić information content (AvgIpc) is 3.17. The highest BCUT2D eigenvalue weighted by Crippen LogP contribution is 2.58. The molecule has 4 rings (SSSR count). The maximum atomic E-state index is 14.7. The van der Waals surface area contributed by atoms with Gasteiger partial charge in [0.2, 0.25) is 0 Å². The molecular weight excluding hydrogens is 441 g/mol. The highest BCUT2D eigenvalue weighted by molar-refractivity contribution is 8.15. The number of hydrogen-bond donors (Lipinski definition) is 0. The van der Waals surface area contributed by atoms with Crippen molar-refractivity contribution >= 4 is 22.7 Å².